The van der Waals surface area contributed by atoms with E-state index in [4.69, 9.17) is 4.74 Å². The van der Waals surface area contributed by atoms with Gasteiger partial charge in [0.2, 0.25) is 0 Å². The lowest BCUT2D eigenvalue weighted by atomic mass is 10.3. The van der Waals surface area contributed by atoms with Crippen LogP contribution >= 0.6 is 27.3 Å². The summed E-state index contributed by atoms with van der Waals surface area (Å²) in [6, 6.07) is 0. The van der Waals surface area contributed by atoms with Crippen molar-refractivity contribution >= 4 is 27.3 Å². The van der Waals surface area contributed by atoms with Gasteiger partial charge in [-0.15, -0.1) is 21.5 Å². The zero-order valence-electron chi connectivity index (χ0n) is 8.49. The summed E-state index contributed by atoms with van der Waals surface area (Å²) < 4.78 is 4.99. The molecule has 1 heterocycles. The third-order valence-corrected chi connectivity index (χ3v) is 4.33. The van der Waals surface area contributed by atoms with Gasteiger partial charge in [-0.2, -0.15) is 0 Å². The minimum absolute atomic E-state index is 0.358. The Labute approximate surface area is 97.0 Å². The summed E-state index contributed by atoms with van der Waals surface area (Å²) in [5.41, 5.74) is 0. The highest BCUT2D eigenvalue weighted by atomic mass is 79.9. The van der Waals surface area contributed by atoms with Gasteiger partial charge >= 0.3 is 0 Å². The molecule has 3 nitrogen and oxygen atoms in total. The number of rotatable bonds is 6. The lowest BCUT2D eigenvalue weighted by Crippen LogP contribution is -1.91. The van der Waals surface area contributed by atoms with Crippen LogP contribution in [-0.2, 0) is 11.2 Å². The van der Waals surface area contributed by atoms with Gasteiger partial charge in [0.05, 0.1) is 4.83 Å². The molecule has 5 heteroatoms. The van der Waals surface area contributed by atoms with Crippen molar-refractivity contribution in [3.63, 3.8) is 0 Å². The van der Waals surface area contributed by atoms with E-state index >= 15 is 0 Å². The smallest absolute Gasteiger partial charge is 0.131 e. The lowest BCUT2D eigenvalue weighted by Gasteiger charge is -1.98. The van der Waals surface area contributed by atoms with Crippen molar-refractivity contribution in [1.29, 1.82) is 0 Å². The number of nitrogens with zero attached hydrogens (tertiary/aromatic N) is 2. The normalized spacial score (nSPS) is 13.1. The van der Waals surface area contributed by atoms with Crippen LogP contribution in [0.1, 0.15) is 34.6 Å². The molecule has 0 N–H and O–H groups in total. The number of aryl methyl sites for hydroxylation is 1. The number of hydrogen-bond acceptors (Lipinski definition) is 4. The molecular formula is C9H15BrN2OS. The van der Waals surface area contributed by atoms with Crippen LogP contribution in [0.2, 0.25) is 0 Å². The predicted octanol–water partition coefficient (Wildman–Crippen LogP) is 2.96. The molecular weight excluding hydrogens is 264 g/mol. The molecule has 1 atom stereocenters. The molecule has 0 aromatic carbocycles. The van der Waals surface area contributed by atoms with Gasteiger partial charge in [-0.25, -0.2) is 0 Å². The van der Waals surface area contributed by atoms with Crippen molar-refractivity contribution in [2.75, 3.05) is 13.7 Å². The number of alkyl halides is 1. The molecule has 1 aromatic rings. The van der Waals surface area contributed by atoms with E-state index in [0.29, 0.717) is 4.83 Å². The van der Waals surface area contributed by atoms with E-state index in [1.165, 1.54) is 0 Å². The number of aromatic nitrogens is 2. The minimum atomic E-state index is 0.358. The van der Waals surface area contributed by atoms with Gasteiger partial charge in [-0.3, -0.25) is 0 Å². The van der Waals surface area contributed by atoms with Crippen molar-refractivity contribution in [2.45, 2.75) is 31.0 Å². The molecule has 0 fully saturated rings. The molecule has 1 rings (SSSR count). The molecule has 14 heavy (non-hydrogen) atoms. The summed E-state index contributed by atoms with van der Waals surface area (Å²) >= 11 is 5.25. The highest BCUT2D eigenvalue weighted by molar-refractivity contribution is 9.09. The van der Waals surface area contributed by atoms with Gasteiger partial charge in [0.25, 0.3) is 0 Å². The molecule has 0 radical (unpaired) electrons. The Bertz CT molecular complexity index is 267. The van der Waals surface area contributed by atoms with Gasteiger partial charge in [-0.05, 0) is 12.8 Å². The van der Waals surface area contributed by atoms with Crippen LogP contribution < -0.4 is 0 Å². The molecule has 0 aliphatic carbocycles. The Morgan fingerprint density at radius 3 is 2.93 bits per heavy atom. The first-order valence-electron chi connectivity index (χ1n) is 4.73. The Kier molecular flexibility index (Phi) is 5.59. The minimum Gasteiger partial charge on any atom is -0.385 e. The first-order valence-corrected chi connectivity index (χ1v) is 6.46. The Hall–Kier alpha value is -0.0000000000000000555. The molecule has 1 unspecified atom stereocenters. The number of ether oxygens (including phenoxy) is 1. The van der Waals surface area contributed by atoms with Crippen LogP contribution in [0.4, 0.5) is 0 Å². The maximum Gasteiger partial charge on any atom is 0.131 e. The largest absolute Gasteiger partial charge is 0.385 e. The van der Waals surface area contributed by atoms with E-state index in [1.54, 1.807) is 18.4 Å². The third kappa shape index (κ3) is 3.63. The molecule has 0 spiro atoms. The second-order valence-electron chi connectivity index (χ2n) is 3.01. The van der Waals surface area contributed by atoms with Crippen LogP contribution in [-0.4, -0.2) is 23.9 Å². The van der Waals surface area contributed by atoms with E-state index in [9.17, 15) is 0 Å². The SMILES string of the molecule is CCC(Br)c1nnc(CCCOC)s1. The molecule has 0 saturated heterocycles. The van der Waals surface area contributed by atoms with E-state index in [2.05, 4.69) is 33.1 Å². The van der Waals surface area contributed by atoms with E-state index in [1.807, 2.05) is 0 Å². The quantitative estimate of drug-likeness (QED) is 0.593. The van der Waals surface area contributed by atoms with Crippen molar-refractivity contribution in [3.05, 3.63) is 10.0 Å². The summed E-state index contributed by atoms with van der Waals surface area (Å²) in [5.74, 6) is 0. The van der Waals surface area contributed by atoms with Gasteiger partial charge in [0, 0.05) is 20.1 Å². The maximum atomic E-state index is 4.99. The summed E-state index contributed by atoms with van der Waals surface area (Å²) in [6.07, 6.45) is 3.03. The Morgan fingerprint density at radius 2 is 2.29 bits per heavy atom. The average Bonchev–Trinajstić information content (AvgIpc) is 2.66. The number of halogens is 1. The highest BCUT2D eigenvalue weighted by Gasteiger charge is 2.10. The average molecular weight is 279 g/mol. The Morgan fingerprint density at radius 1 is 1.50 bits per heavy atom. The molecule has 0 aliphatic heterocycles. The summed E-state index contributed by atoms with van der Waals surface area (Å²) in [4.78, 5) is 0.358. The van der Waals surface area contributed by atoms with E-state index in [-0.39, 0.29) is 0 Å². The van der Waals surface area contributed by atoms with Crippen LogP contribution in [0.15, 0.2) is 0 Å². The zero-order chi connectivity index (χ0) is 10.4. The van der Waals surface area contributed by atoms with Crippen LogP contribution in [0.3, 0.4) is 0 Å². The van der Waals surface area contributed by atoms with Crippen molar-refractivity contribution in [3.8, 4) is 0 Å². The van der Waals surface area contributed by atoms with Crippen molar-refractivity contribution < 1.29 is 4.74 Å². The highest BCUT2D eigenvalue weighted by Crippen LogP contribution is 2.28. The topological polar surface area (TPSA) is 35.0 Å². The predicted molar refractivity (Wildman–Crippen MR) is 62.1 cm³/mol. The number of hydrogen-bond donors (Lipinski definition) is 0. The van der Waals surface area contributed by atoms with Crippen molar-refractivity contribution in [1.82, 2.24) is 10.2 Å². The molecule has 0 amide bonds. The Balaban J connectivity index is 2.42. The lowest BCUT2D eigenvalue weighted by molar-refractivity contribution is 0.195. The van der Waals surface area contributed by atoms with Crippen LogP contribution in [0.25, 0.3) is 0 Å². The fourth-order valence-corrected chi connectivity index (χ4v) is 2.35. The molecule has 0 aliphatic rings. The van der Waals surface area contributed by atoms with Crippen LogP contribution in [0.5, 0.6) is 0 Å². The first kappa shape index (κ1) is 12.1. The molecule has 80 valence electrons. The molecule has 1 aromatic heterocycles. The van der Waals surface area contributed by atoms with Gasteiger partial charge in [0.15, 0.2) is 0 Å². The number of methoxy groups -OCH3 is 1. The fourth-order valence-electron chi connectivity index (χ4n) is 1.04. The van der Waals surface area contributed by atoms with Gasteiger partial charge < -0.3 is 4.74 Å². The maximum absolute atomic E-state index is 4.99. The van der Waals surface area contributed by atoms with Gasteiger partial charge in [-0.1, -0.05) is 22.9 Å². The van der Waals surface area contributed by atoms with Gasteiger partial charge in [0.1, 0.15) is 10.0 Å². The monoisotopic (exact) mass is 278 g/mol. The summed E-state index contributed by atoms with van der Waals surface area (Å²) in [5, 5.41) is 10.5. The second kappa shape index (κ2) is 6.48. The second-order valence-corrected chi connectivity index (χ2v) is 5.21. The summed E-state index contributed by atoms with van der Waals surface area (Å²) in [6.45, 7) is 2.92. The van der Waals surface area contributed by atoms with E-state index < -0.39 is 0 Å². The third-order valence-electron chi connectivity index (χ3n) is 1.85. The summed E-state index contributed by atoms with van der Waals surface area (Å²) in [7, 11) is 1.72. The molecule has 0 saturated carbocycles. The molecule has 0 bridgehead atoms. The first-order chi connectivity index (χ1) is 6.77. The van der Waals surface area contributed by atoms with Crippen LogP contribution in [0, 0.1) is 0 Å². The fraction of sp³-hybridized carbons (Fsp3) is 0.778. The van der Waals surface area contributed by atoms with E-state index in [0.717, 1.165) is 35.9 Å². The van der Waals surface area contributed by atoms with Crippen molar-refractivity contribution in [2.24, 2.45) is 0 Å². The standard InChI is InChI=1S/C9H15BrN2OS/c1-3-7(10)9-12-11-8(14-9)5-4-6-13-2/h7H,3-6H2,1-2H3. The zero-order valence-corrected chi connectivity index (χ0v) is 10.9.